The number of H-pyrrole nitrogens is 1. The summed E-state index contributed by atoms with van der Waals surface area (Å²) < 4.78 is 0. The van der Waals surface area contributed by atoms with Gasteiger partial charge in [0.1, 0.15) is 18.1 Å². The maximum atomic E-state index is 13.1. The quantitative estimate of drug-likeness (QED) is 0.163. The van der Waals surface area contributed by atoms with Crippen LogP contribution in [0.15, 0.2) is 12.5 Å². The molecule has 0 spiro atoms. The fourth-order valence-corrected chi connectivity index (χ4v) is 2.99. The molecule has 0 saturated carbocycles. The van der Waals surface area contributed by atoms with Gasteiger partial charge in [0, 0.05) is 24.7 Å². The zero-order chi connectivity index (χ0) is 26.0. The molecule has 0 aliphatic carbocycles. The molecule has 0 aliphatic rings. The molecule has 0 aliphatic heterocycles. The molecular weight excluding hydrogens is 446 g/mol. The lowest BCUT2D eigenvalue weighted by atomic mass is 10.0. The number of aliphatic carboxylic acids is 1. The molecule has 13 heteroatoms. The van der Waals surface area contributed by atoms with Crippen LogP contribution in [0.3, 0.4) is 0 Å². The predicted molar refractivity (Wildman–Crippen MR) is 122 cm³/mol. The minimum absolute atomic E-state index is 0.0241. The highest BCUT2D eigenvalue weighted by Crippen LogP contribution is 2.07. The van der Waals surface area contributed by atoms with Gasteiger partial charge in [0.25, 0.3) is 0 Å². The highest BCUT2D eigenvalue weighted by Gasteiger charge is 2.32. The monoisotopic (exact) mass is 481 g/mol. The number of carboxylic acid groups (broad SMARTS) is 1. The number of hydrogen-bond donors (Lipinski definition) is 7. The van der Waals surface area contributed by atoms with Crippen LogP contribution in [0.1, 0.15) is 46.2 Å². The van der Waals surface area contributed by atoms with E-state index in [1.807, 2.05) is 0 Å². The van der Waals surface area contributed by atoms with Gasteiger partial charge in [-0.2, -0.15) is 0 Å². The van der Waals surface area contributed by atoms with E-state index in [0.29, 0.717) is 5.69 Å². The number of nitrogens with two attached hydrogens (primary N) is 2. The van der Waals surface area contributed by atoms with Crippen molar-refractivity contribution in [2.45, 2.75) is 71.1 Å². The Morgan fingerprint density at radius 3 is 2.03 bits per heavy atom. The van der Waals surface area contributed by atoms with Crippen molar-refractivity contribution in [2.75, 3.05) is 0 Å². The number of aromatic amines is 1. The van der Waals surface area contributed by atoms with E-state index in [1.54, 1.807) is 27.7 Å². The minimum Gasteiger partial charge on any atom is -0.480 e. The molecule has 34 heavy (non-hydrogen) atoms. The van der Waals surface area contributed by atoms with Gasteiger partial charge in [-0.25, -0.2) is 9.78 Å². The molecule has 1 rings (SSSR count). The van der Waals surface area contributed by atoms with Crippen LogP contribution in [0.2, 0.25) is 0 Å². The SMILES string of the molecule is CC(C)C(N)C(=O)NC(Cc1cnc[nH]1)C(=O)NC(CCC(N)=O)C(=O)NC(C(=O)O)C(C)C. The number of carbonyl (C=O) groups excluding carboxylic acids is 4. The lowest BCUT2D eigenvalue weighted by Gasteiger charge is -2.26. The summed E-state index contributed by atoms with van der Waals surface area (Å²) in [6, 6.07) is -4.46. The van der Waals surface area contributed by atoms with E-state index >= 15 is 0 Å². The zero-order valence-corrected chi connectivity index (χ0v) is 19.8. The molecule has 1 heterocycles. The van der Waals surface area contributed by atoms with E-state index < -0.39 is 59.7 Å². The lowest BCUT2D eigenvalue weighted by molar-refractivity contribution is -0.143. The highest BCUT2D eigenvalue weighted by atomic mass is 16.4. The number of imidazole rings is 1. The van der Waals surface area contributed by atoms with Crippen LogP contribution >= 0.6 is 0 Å². The van der Waals surface area contributed by atoms with Crippen LogP contribution in [0, 0.1) is 11.8 Å². The molecule has 0 fully saturated rings. The van der Waals surface area contributed by atoms with Crippen LogP contribution in [0.4, 0.5) is 0 Å². The fourth-order valence-electron chi connectivity index (χ4n) is 2.99. The second kappa shape index (κ2) is 13.3. The summed E-state index contributed by atoms with van der Waals surface area (Å²) in [7, 11) is 0. The Hall–Kier alpha value is -3.48. The minimum atomic E-state index is -1.26. The van der Waals surface area contributed by atoms with Crippen LogP contribution in [-0.4, -0.2) is 68.8 Å². The van der Waals surface area contributed by atoms with E-state index in [4.69, 9.17) is 11.5 Å². The smallest absolute Gasteiger partial charge is 0.326 e. The molecule has 1 aromatic heterocycles. The highest BCUT2D eigenvalue weighted by molar-refractivity contribution is 5.94. The maximum Gasteiger partial charge on any atom is 0.326 e. The Kier molecular flexibility index (Phi) is 11.2. The number of nitrogens with one attached hydrogen (secondary N) is 4. The third-order valence-corrected chi connectivity index (χ3v) is 5.18. The normalized spacial score (nSPS) is 14.7. The number of carboxylic acids is 1. The Morgan fingerprint density at radius 1 is 0.971 bits per heavy atom. The van der Waals surface area contributed by atoms with Gasteiger partial charge >= 0.3 is 5.97 Å². The summed E-state index contributed by atoms with van der Waals surface area (Å²) in [5, 5.41) is 16.8. The van der Waals surface area contributed by atoms with Crippen molar-refractivity contribution < 1.29 is 29.1 Å². The molecule has 4 atom stereocenters. The molecule has 0 bridgehead atoms. The van der Waals surface area contributed by atoms with E-state index in [2.05, 4.69) is 25.9 Å². The van der Waals surface area contributed by atoms with Gasteiger partial charge in [0.15, 0.2) is 0 Å². The van der Waals surface area contributed by atoms with Crippen molar-refractivity contribution in [2.24, 2.45) is 23.3 Å². The van der Waals surface area contributed by atoms with Crippen molar-refractivity contribution in [1.29, 1.82) is 0 Å². The third-order valence-electron chi connectivity index (χ3n) is 5.18. The molecule has 0 aromatic carbocycles. The summed E-state index contributed by atoms with van der Waals surface area (Å²) in [5.74, 6) is -4.63. The van der Waals surface area contributed by atoms with Gasteiger partial charge in [-0.15, -0.1) is 0 Å². The Balaban J connectivity index is 3.09. The average Bonchev–Trinajstić information content (AvgIpc) is 3.25. The van der Waals surface area contributed by atoms with Crippen molar-refractivity contribution >= 4 is 29.6 Å². The Bertz CT molecular complexity index is 856. The number of aromatic nitrogens is 2. The average molecular weight is 482 g/mol. The van der Waals surface area contributed by atoms with Crippen LogP contribution in [0.25, 0.3) is 0 Å². The number of primary amides is 1. The topological polar surface area (TPSA) is 222 Å². The summed E-state index contributed by atoms with van der Waals surface area (Å²) >= 11 is 0. The molecular formula is C21H35N7O6. The molecule has 4 amide bonds. The number of amides is 4. The van der Waals surface area contributed by atoms with Crippen molar-refractivity contribution in [3.63, 3.8) is 0 Å². The standard InChI is InChI=1S/C21H35N7O6/c1-10(2)16(23)20(32)27-14(7-12-8-24-9-25-12)19(31)26-13(5-6-15(22)29)18(30)28-17(11(3)4)21(33)34/h8-11,13-14,16-17H,5-7,23H2,1-4H3,(H2,22,29)(H,24,25)(H,26,31)(H,27,32)(H,28,30)(H,33,34). The van der Waals surface area contributed by atoms with E-state index in [0.717, 1.165) is 0 Å². The van der Waals surface area contributed by atoms with Crippen molar-refractivity contribution in [3.8, 4) is 0 Å². The summed E-state index contributed by atoms with van der Waals surface area (Å²) in [6.07, 6.45) is 2.52. The number of nitrogens with zero attached hydrogens (tertiary/aromatic N) is 1. The van der Waals surface area contributed by atoms with E-state index in [-0.39, 0.29) is 25.2 Å². The molecule has 9 N–H and O–H groups in total. The van der Waals surface area contributed by atoms with Gasteiger partial charge in [-0.3, -0.25) is 19.2 Å². The molecule has 4 unspecified atom stereocenters. The van der Waals surface area contributed by atoms with Crippen LogP contribution < -0.4 is 27.4 Å². The fraction of sp³-hybridized carbons (Fsp3) is 0.619. The molecule has 1 aromatic rings. The number of carbonyl (C=O) groups is 5. The first-order valence-corrected chi connectivity index (χ1v) is 11.0. The Morgan fingerprint density at radius 2 is 1.56 bits per heavy atom. The lowest BCUT2D eigenvalue weighted by Crippen LogP contribution is -2.58. The largest absolute Gasteiger partial charge is 0.480 e. The van der Waals surface area contributed by atoms with Gasteiger partial charge in [-0.05, 0) is 18.3 Å². The first-order valence-electron chi connectivity index (χ1n) is 11.0. The first kappa shape index (κ1) is 28.6. The van der Waals surface area contributed by atoms with Crippen LogP contribution in [0.5, 0.6) is 0 Å². The second-order valence-corrected chi connectivity index (χ2v) is 8.75. The Labute approximate surface area is 197 Å². The second-order valence-electron chi connectivity index (χ2n) is 8.75. The predicted octanol–water partition coefficient (Wildman–Crippen LogP) is -1.60. The molecule has 0 saturated heterocycles. The van der Waals surface area contributed by atoms with Gasteiger partial charge in [0.05, 0.1) is 12.4 Å². The maximum absolute atomic E-state index is 13.1. The molecule has 13 nitrogen and oxygen atoms in total. The van der Waals surface area contributed by atoms with E-state index in [1.165, 1.54) is 12.5 Å². The van der Waals surface area contributed by atoms with Gasteiger partial charge in [-0.1, -0.05) is 27.7 Å². The summed E-state index contributed by atoms with van der Waals surface area (Å²) in [5.41, 5.74) is 11.6. The summed E-state index contributed by atoms with van der Waals surface area (Å²) in [4.78, 5) is 67.9. The van der Waals surface area contributed by atoms with Gasteiger partial charge in [0.2, 0.25) is 23.6 Å². The molecule has 190 valence electrons. The number of rotatable bonds is 14. The number of hydrogen-bond acceptors (Lipinski definition) is 7. The zero-order valence-electron chi connectivity index (χ0n) is 19.8. The van der Waals surface area contributed by atoms with Crippen molar-refractivity contribution in [3.05, 3.63) is 18.2 Å². The van der Waals surface area contributed by atoms with Crippen LogP contribution in [-0.2, 0) is 30.4 Å². The van der Waals surface area contributed by atoms with Gasteiger partial charge < -0.3 is 37.5 Å². The first-order chi connectivity index (χ1) is 15.8. The summed E-state index contributed by atoms with van der Waals surface area (Å²) in [6.45, 7) is 6.74. The van der Waals surface area contributed by atoms with E-state index in [9.17, 15) is 29.1 Å². The van der Waals surface area contributed by atoms with Crippen molar-refractivity contribution in [1.82, 2.24) is 25.9 Å². The molecule has 0 radical (unpaired) electrons. The third kappa shape index (κ3) is 9.17.